The van der Waals surface area contributed by atoms with Gasteiger partial charge < -0.3 is 14.6 Å². The van der Waals surface area contributed by atoms with Gasteiger partial charge >= 0.3 is 0 Å². The van der Waals surface area contributed by atoms with Gasteiger partial charge in [0.05, 0.1) is 24.9 Å². The van der Waals surface area contributed by atoms with E-state index >= 15 is 0 Å². The second kappa shape index (κ2) is 5.72. The van der Waals surface area contributed by atoms with Gasteiger partial charge in [0.15, 0.2) is 0 Å². The summed E-state index contributed by atoms with van der Waals surface area (Å²) in [7, 11) is 1.66. The lowest BCUT2D eigenvalue weighted by Gasteiger charge is -2.37. The first kappa shape index (κ1) is 15.0. The Kier molecular flexibility index (Phi) is 4.77. The van der Waals surface area contributed by atoms with E-state index < -0.39 is 11.2 Å². The fourth-order valence-corrected chi connectivity index (χ4v) is 1.39. The molecule has 0 aliphatic heterocycles. The van der Waals surface area contributed by atoms with Gasteiger partial charge in [0, 0.05) is 0 Å². The van der Waals surface area contributed by atoms with Gasteiger partial charge in [-0.2, -0.15) is 0 Å². The molecule has 0 aliphatic rings. The van der Waals surface area contributed by atoms with Crippen molar-refractivity contribution in [2.45, 2.75) is 45.3 Å². The summed E-state index contributed by atoms with van der Waals surface area (Å²) in [5.74, 6) is 0.858. The molecule has 0 spiro atoms. The molecule has 0 unspecified atom stereocenters. The first-order chi connectivity index (χ1) is 8.26. The van der Waals surface area contributed by atoms with Crippen molar-refractivity contribution < 1.29 is 14.6 Å². The average Bonchev–Trinajstić information content (AvgIpc) is 2.28. The van der Waals surface area contributed by atoms with Crippen LogP contribution < -0.4 is 4.74 Å². The van der Waals surface area contributed by atoms with Crippen molar-refractivity contribution in [3.8, 4) is 5.75 Å². The standard InChI is InChI=1S/C15H24O3/c1-14(2,16)15(3,4)18-11-10-12-6-8-13(17-5)9-7-12/h6-9,16H,10-11H2,1-5H3. The van der Waals surface area contributed by atoms with Crippen LogP contribution in [0.1, 0.15) is 33.3 Å². The Morgan fingerprint density at radius 2 is 1.61 bits per heavy atom. The summed E-state index contributed by atoms with van der Waals surface area (Å²) in [4.78, 5) is 0. The molecule has 1 N–H and O–H groups in total. The summed E-state index contributed by atoms with van der Waals surface area (Å²) >= 11 is 0. The molecular formula is C15H24O3. The van der Waals surface area contributed by atoms with Gasteiger partial charge in [0.1, 0.15) is 5.75 Å². The van der Waals surface area contributed by atoms with Crippen molar-refractivity contribution in [1.29, 1.82) is 0 Å². The molecule has 102 valence electrons. The summed E-state index contributed by atoms with van der Waals surface area (Å²) in [5, 5.41) is 9.97. The molecule has 1 aromatic rings. The summed E-state index contributed by atoms with van der Waals surface area (Å²) in [6.45, 7) is 7.92. The highest BCUT2D eigenvalue weighted by Gasteiger charge is 2.35. The van der Waals surface area contributed by atoms with E-state index in [1.807, 2.05) is 38.1 Å². The molecule has 0 saturated heterocycles. The molecule has 0 heterocycles. The van der Waals surface area contributed by atoms with Crippen molar-refractivity contribution >= 4 is 0 Å². The summed E-state index contributed by atoms with van der Waals surface area (Å²) in [6.07, 6.45) is 0.823. The molecule has 0 aromatic heterocycles. The van der Waals surface area contributed by atoms with Crippen molar-refractivity contribution in [3.05, 3.63) is 29.8 Å². The van der Waals surface area contributed by atoms with Crippen LogP contribution in [0.5, 0.6) is 5.75 Å². The van der Waals surface area contributed by atoms with E-state index in [-0.39, 0.29) is 0 Å². The van der Waals surface area contributed by atoms with E-state index in [2.05, 4.69) is 0 Å². The van der Waals surface area contributed by atoms with Gasteiger partial charge in [0.2, 0.25) is 0 Å². The van der Waals surface area contributed by atoms with Crippen LogP contribution >= 0.6 is 0 Å². The molecule has 3 heteroatoms. The summed E-state index contributed by atoms with van der Waals surface area (Å²) in [6, 6.07) is 7.94. The Morgan fingerprint density at radius 1 is 1.06 bits per heavy atom. The zero-order valence-corrected chi connectivity index (χ0v) is 12.0. The molecule has 0 radical (unpaired) electrons. The molecule has 0 bridgehead atoms. The highest BCUT2D eigenvalue weighted by Crippen LogP contribution is 2.25. The van der Waals surface area contributed by atoms with Crippen LogP contribution in [-0.4, -0.2) is 30.0 Å². The predicted molar refractivity (Wildman–Crippen MR) is 73.0 cm³/mol. The number of benzene rings is 1. The average molecular weight is 252 g/mol. The Balaban J connectivity index is 2.46. The van der Waals surface area contributed by atoms with Crippen LogP contribution in [0, 0.1) is 0 Å². The largest absolute Gasteiger partial charge is 0.497 e. The second-order valence-corrected chi connectivity index (χ2v) is 5.52. The summed E-state index contributed by atoms with van der Waals surface area (Å²) in [5.41, 5.74) is -0.214. The van der Waals surface area contributed by atoms with Gasteiger partial charge in [-0.25, -0.2) is 0 Å². The molecular weight excluding hydrogens is 228 g/mol. The van der Waals surface area contributed by atoms with Gasteiger partial charge in [-0.3, -0.25) is 0 Å². The van der Waals surface area contributed by atoms with Crippen LogP contribution in [0.25, 0.3) is 0 Å². The van der Waals surface area contributed by atoms with Crippen molar-refractivity contribution in [3.63, 3.8) is 0 Å². The molecule has 0 amide bonds. The minimum Gasteiger partial charge on any atom is -0.497 e. The predicted octanol–water partition coefficient (Wildman–Crippen LogP) is 2.80. The molecule has 0 fully saturated rings. The van der Waals surface area contributed by atoms with Gasteiger partial charge in [-0.15, -0.1) is 0 Å². The lowest BCUT2D eigenvalue weighted by molar-refractivity contribution is -0.146. The molecule has 1 rings (SSSR count). The molecule has 0 aliphatic carbocycles. The Bertz CT molecular complexity index is 360. The third kappa shape index (κ3) is 4.00. The summed E-state index contributed by atoms with van der Waals surface area (Å²) < 4.78 is 10.9. The molecule has 1 aromatic carbocycles. The van der Waals surface area contributed by atoms with E-state index in [0.29, 0.717) is 6.61 Å². The van der Waals surface area contributed by atoms with Crippen molar-refractivity contribution in [2.75, 3.05) is 13.7 Å². The van der Waals surface area contributed by atoms with Gasteiger partial charge in [-0.05, 0) is 51.8 Å². The number of hydrogen-bond donors (Lipinski definition) is 1. The maximum Gasteiger partial charge on any atom is 0.118 e. The lowest BCUT2D eigenvalue weighted by atomic mass is 9.89. The maximum atomic E-state index is 9.97. The van der Waals surface area contributed by atoms with E-state index in [0.717, 1.165) is 12.2 Å². The normalized spacial score (nSPS) is 12.6. The van der Waals surface area contributed by atoms with Crippen LogP contribution in [-0.2, 0) is 11.2 Å². The Hall–Kier alpha value is -1.06. The van der Waals surface area contributed by atoms with Crippen LogP contribution in [0.4, 0.5) is 0 Å². The van der Waals surface area contributed by atoms with E-state index in [9.17, 15) is 5.11 Å². The van der Waals surface area contributed by atoms with Crippen molar-refractivity contribution in [1.82, 2.24) is 0 Å². The first-order valence-corrected chi connectivity index (χ1v) is 6.25. The van der Waals surface area contributed by atoms with Gasteiger partial charge in [0.25, 0.3) is 0 Å². The van der Waals surface area contributed by atoms with Crippen molar-refractivity contribution in [2.24, 2.45) is 0 Å². The van der Waals surface area contributed by atoms with E-state index in [1.165, 1.54) is 5.56 Å². The Labute approximate surface area is 110 Å². The van der Waals surface area contributed by atoms with Gasteiger partial charge in [-0.1, -0.05) is 12.1 Å². The molecule has 0 saturated carbocycles. The molecule has 18 heavy (non-hydrogen) atoms. The van der Waals surface area contributed by atoms with Crippen LogP contribution in [0.2, 0.25) is 0 Å². The minimum absolute atomic E-state index is 0.556. The lowest BCUT2D eigenvalue weighted by Crippen LogP contribution is -2.47. The second-order valence-electron chi connectivity index (χ2n) is 5.52. The quantitative estimate of drug-likeness (QED) is 0.846. The molecule has 3 nitrogen and oxygen atoms in total. The fraction of sp³-hybridized carbons (Fsp3) is 0.600. The first-order valence-electron chi connectivity index (χ1n) is 6.25. The topological polar surface area (TPSA) is 38.7 Å². The number of rotatable bonds is 6. The monoisotopic (exact) mass is 252 g/mol. The third-order valence-corrected chi connectivity index (χ3v) is 3.49. The van der Waals surface area contributed by atoms with E-state index in [4.69, 9.17) is 9.47 Å². The number of ether oxygens (including phenoxy) is 2. The Morgan fingerprint density at radius 3 is 2.06 bits per heavy atom. The minimum atomic E-state index is -0.854. The number of aliphatic hydroxyl groups is 1. The number of methoxy groups -OCH3 is 1. The third-order valence-electron chi connectivity index (χ3n) is 3.49. The maximum absolute atomic E-state index is 9.97. The smallest absolute Gasteiger partial charge is 0.118 e. The SMILES string of the molecule is COc1ccc(CCOC(C)(C)C(C)(C)O)cc1. The fourth-order valence-electron chi connectivity index (χ4n) is 1.39. The van der Waals surface area contributed by atoms with Crippen LogP contribution in [0.3, 0.4) is 0 Å². The molecule has 0 atom stereocenters. The van der Waals surface area contributed by atoms with E-state index in [1.54, 1.807) is 21.0 Å². The highest BCUT2D eigenvalue weighted by molar-refractivity contribution is 5.27. The highest BCUT2D eigenvalue weighted by atomic mass is 16.5. The zero-order valence-electron chi connectivity index (χ0n) is 12.0. The number of hydrogen-bond acceptors (Lipinski definition) is 3. The van der Waals surface area contributed by atoms with Crippen LogP contribution in [0.15, 0.2) is 24.3 Å². The zero-order chi connectivity index (χ0) is 13.8.